The van der Waals surface area contributed by atoms with Crippen molar-refractivity contribution in [1.82, 2.24) is 9.88 Å². The number of nitrogens with zero attached hydrogens (tertiary/aromatic N) is 2. The van der Waals surface area contributed by atoms with E-state index in [1.54, 1.807) is 4.90 Å². The van der Waals surface area contributed by atoms with Crippen LogP contribution in [0.25, 0.3) is 16.3 Å². The van der Waals surface area contributed by atoms with Crippen LogP contribution >= 0.6 is 35.3 Å². The van der Waals surface area contributed by atoms with Gasteiger partial charge in [-0.2, -0.15) is 0 Å². The van der Waals surface area contributed by atoms with Crippen LogP contribution in [-0.4, -0.2) is 32.6 Å². The number of thiocarbonyl (C=S) groups is 1. The molecule has 8 heteroatoms. The molecule has 3 aromatic rings. The second-order valence-electron chi connectivity index (χ2n) is 6.89. The Kier molecular flexibility index (Phi) is 6.26. The molecule has 2 aromatic carbocycles. The third-order valence-corrected chi connectivity index (χ3v) is 6.86. The summed E-state index contributed by atoms with van der Waals surface area (Å²) >= 11 is 8.12. The molecule has 0 atom stereocenters. The van der Waals surface area contributed by atoms with Crippen molar-refractivity contribution in [3.8, 4) is 0 Å². The average Bonchev–Trinajstić information content (AvgIpc) is 3.23. The minimum atomic E-state index is -0.115. The molecule has 1 aliphatic heterocycles. The molecular formula is C22H19N3O2S3. The summed E-state index contributed by atoms with van der Waals surface area (Å²) in [5, 5.41) is 3.45. The van der Waals surface area contributed by atoms with E-state index in [-0.39, 0.29) is 11.8 Å². The molecule has 0 bridgehead atoms. The zero-order valence-electron chi connectivity index (χ0n) is 16.3. The molecule has 30 heavy (non-hydrogen) atoms. The molecule has 2 heterocycles. The number of thioether (sulfide) groups is 1. The lowest BCUT2D eigenvalue weighted by Gasteiger charge is -2.13. The van der Waals surface area contributed by atoms with E-state index in [4.69, 9.17) is 12.2 Å². The summed E-state index contributed by atoms with van der Waals surface area (Å²) in [5.41, 5.74) is 3.00. The fourth-order valence-electron chi connectivity index (χ4n) is 3.06. The summed E-state index contributed by atoms with van der Waals surface area (Å²) in [6, 6.07) is 15.7. The molecule has 1 N–H and O–H groups in total. The Hall–Kier alpha value is -2.55. The molecule has 1 saturated heterocycles. The minimum Gasteiger partial charge on any atom is -0.302 e. The van der Waals surface area contributed by atoms with Crippen molar-refractivity contribution < 1.29 is 9.59 Å². The van der Waals surface area contributed by atoms with Gasteiger partial charge in [-0.25, -0.2) is 4.98 Å². The highest BCUT2D eigenvalue weighted by Crippen LogP contribution is 2.32. The van der Waals surface area contributed by atoms with E-state index in [9.17, 15) is 9.59 Å². The lowest BCUT2D eigenvalue weighted by molar-refractivity contribution is -0.122. The van der Waals surface area contributed by atoms with Gasteiger partial charge in [0, 0.05) is 13.0 Å². The number of carbonyl (C=O) groups excluding carboxylic acids is 2. The third-order valence-electron chi connectivity index (χ3n) is 4.55. The second-order valence-corrected chi connectivity index (χ2v) is 9.59. The van der Waals surface area contributed by atoms with Crippen molar-refractivity contribution in [1.29, 1.82) is 0 Å². The highest BCUT2D eigenvalue weighted by molar-refractivity contribution is 8.26. The molecule has 4 rings (SSSR count). The van der Waals surface area contributed by atoms with E-state index in [1.807, 2.05) is 55.5 Å². The van der Waals surface area contributed by atoms with Gasteiger partial charge in [0.05, 0.1) is 15.1 Å². The van der Waals surface area contributed by atoms with Crippen molar-refractivity contribution in [2.24, 2.45) is 0 Å². The monoisotopic (exact) mass is 453 g/mol. The maximum absolute atomic E-state index is 12.7. The molecule has 1 aromatic heterocycles. The minimum absolute atomic E-state index is 0.101. The van der Waals surface area contributed by atoms with Crippen molar-refractivity contribution in [2.45, 2.75) is 19.8 Å². The van der Waals surface area contributed by atoms with Gasteiger partial charge < -0.3 is 5.32 Å². The third kappa shape index (κ3) is 4.77. The Bertz CT molecular complexity index is 1150. The van der Waals surface area contributed by atoms with Gasteiger partial charge in [0.25, 0.3) is 5.91 Å². The summed E-state index contributed by atoms with van der Waals surface area (Å²) in [6.07, 6.45) is 2.67. The van der Waals surface area contributed by atoms with Gasteiger partial charge in [0.2, 0.25) is 5.91 Å². The number of amides is 2. The van der Waals surface area contributed by atoms with E-state index in [0.29, 0.717) is 33.7 Å². The highest BCUT2D eigenvalue weighted by atomic mass is 32.2. The van der Waals surface area contributed by atoms with E-state index in [2.05, 4.69) is 16.4 Å². The summed E-state index contributed by atoms with van der Waals surface area (Å²) in [7, 11) is 0. The van der Waals surface area contributed by atoms with Crippen molar-refractivity contribution in [3.63, 3.8) is 0 Å². The first kappa shape index (κ1) is 20.7. The number of hydrogen-bond donors (Lipinski definition) is 1. The quantitative estimate of drug-likeness (QED) is 0.409. The summed E-state index contributed by atoms with van der Waals surface area (Å²) in [4.78, 5) is 31.6. The molecule has 0 spiro atoms. The van der Waals surface area contributed by atoms with E-state index >= 15 is 0 Å². The number of carbonyl (C=O) groups is 2. The number of fused-ring (bicyclic) bond motifs is 1. The Labute approximate surface area is 188 Å². The topological polar surface area (TPSA) is 62.3 Å². The molecule has 152 valence electrons. The Morgan fingerprint density at radius 1 is 1.23 bits per heavy atom. The number of hydrogen-bond acceptors (Lipinski definition) is 6. The van der Waals surface area contributed by atoms with Crippen LogP contribution in [0, 0.1) is 6.92 Å². The van der Waals surface area contributed by atoms with Crippen LogP contribution < -0.4 is 5.32 Å². The first-order valence-corrected chi connectivity index (χ1v) is 11.5. The van der Waals surface area contributed by atoms with Gasteiger partial charge in [-0.3, -0.25) is 14.5 Å². The molecule has 1 aliphatic rings. The second kappa shape index (κ2) is 9.07. The van der Waals surface area contributed by atoms with Crippen molar-refractivity contribution in [3.05, 3.63) is 64.6 Å². The van der Waals surface area contributed by atoms with Gasteiger partial charge in [0.15, 0.2) is 5.13 Å². The van der Waals surface area contributed by atoms with Gasteiger partial charge in [-0.1, -0.05) is 71.7 Å². The number of aromatic nitrogens is 1. The lowest BCUT2D eigenvalue weighted by Crippen LogP contribution is -2.29. The molecule has 1 fully saturated rings. The maximum atomic E-state index is 12.7. The van der Waals surface area contributed by atoms with Gasteiger partial charge in [-0.15, -0.1) is 0 Å². The number of anilines is 1. The predicted molar refractivity (Wildman–Crippen MR) is 129 cm³/mol. The Morgan fingerprint density at radius 3 is 2.83 bits per heavy atom. The van der Waals surface area contributed by atoms with Gasteiger partial charge in [-0.05, 0) is 42.7 Å². The summed E-state index contributed by atoms with van der Waals surface area (Å²) in [6.45, 7) is 2.45. The van der Waals surface area contributed by atoms with E-state index < -0.39 is 0 Å². The molecular weight excluding hydrogens is 434 g/mol. The number of aryl methyl sites for hydroxylation is 1. The first-order valence-electron chi connectivity index (χ1n) is 9.47. The Morgan fingerprint density at radius 2 is 2.03 bits per heavy atom. The zero-order valence-corrected chi connectivity index (χ0v) is 18.7. The van der Waals surface area contributed by atoms with Crippen molar-refractivity contribution in [2.75, 3.05) is 11.9 Å². The smallest absolute Gasteiger partial charge is 0.266 e. The number of thiazole rings is 1. The van der Waals surface area contributed by atoms with Crippen LogP contribution in [0.4, 0.5) is 5.13 Å². The van der Waals surface area contributed by atoms with Crippen LogP contribution in [0.15, 0.2) is 53.4 Å². The van der Waals surface area contributed by atoms with Gasteiger partial charge >= 0.3 is 0 Å². The first-order chi connectivity index (χ1) is 14.5. The lowest BCUT2D eigenvalue weighted by atomic mass is 10.2. The van der Waals surface area contributed by atoms with Crippen LogP contribution in [0.5, 0.6) is 0 Å². The maximum Gasteiger partial charge on any atom is 0.266 e. The number of nitrogens with one attached hydrogen (secondary N) is 1. The van der Waals surface area contributed by atoms with Crippen LogP contribution in [0.3, 0.4) is 0 Å². The molecule has 0 unspecified atom stereocenters. The fourth-order valence-corrected chi connectivity index (χ4v) is 5.35. The summed E-state index contributed by atoms with van der Waals surface area (Å²) < 4.78 is 1.58. The molecule has 0 aliphatic carbocycles. The zero-order chi connectivity index (χ0) is 21.1. The highest BCUT2D eigenvalue weighted by Gasteiger charge is 2.31. The number of rotatable bonds is 6. The molecule has 0 radical (unpaired) electrons. The molecule has 2 amide bonds. The van der Waals surface area contributed by atoms with Crippen LogP contribution in [0.2, 0.25) is 0 Å². The largest absolute Gasteiger partial charge is 0.302 e. The summed E-state index contributed by atoms with van der Waals surface area (Å²) in [5.74, 6) is -0.216. The number of benzene rings is 2. The van der Waals surface area contributed by atoms with Crippen molar-refractivity contribution >= 4 is 72.9 Å². The fraction of sp³-hybridized carbons (Fsp3) is 0.182. The SMILES string of the molecule is Cc1ccc2nc(NC(=O)CCCN3C(=O)/C(=C/c4ccccc4)SC3=S)sc2c1. The van der Waals surface area contributed by atoms with E-state index in [0.717, 1.165) is 21.3 Å². The van der Waals surface area contributed by atoms with Crippen LogP contribution in [0.1, 0.15) is 24.0 Å². The van der Waals surface area contributed by atoms with E-state index in [1.165, 1.54) is 23.1 Å². The average molecular weight is 454 g/mol. The normalized spacial score (nSPS) is 15.4. The molecule has 0 saturated carbocycles. The van der Waals surface area contributed by atoms with Crippen LogP contribution in [-0.2, 0) is 9.59 Å². The van der Waals surface area contributed by atoms with Gasteiger partial charge in [0.1, 0.15) is 4.32 Å². The predicted octanol–water partition coefficient (Wildman–Crippen LogP) is 5.22. The standard InChI is InChI=1S/C22H19N3O2S3/c1-14-9-10-16-17(12-14)29-21(23-16)24-19(26)8-5-11-25-20(27)18(30-22(25)28)13-15-6-3-2-4-7-15/h2-4,6-7,9-10,12-13H,5,8,11H2,1H3,(H,23,24,26)/b18-13-. The molecule has 5 nitrogen and oxygen atoms in total. The Balaban J connectivity index is 1.31.